The summed E-state index contributed by atoms with van der Waals surface area (Å²) in [5.74, 6) is 0.114. The van der Waals surface area contributed by atoms with Gasteiger partial charge in [0, 0.05) is 36.6 Å². The van der Waals surface area contributed by atoms with Crippen molar-refractivity contribution in [2.24, 2.45) is 27.6 Å². The van der Waals surface area contributed by atoms with E-state index in [9.17, 15) is 19.6 Å². The highest BCUT2D eigenvalue weighted by atomic mass is 32.2. The van der Waals surface area contributed by atoms with Crippen LogP contribution in [0.5, 0.6) is 17.2 Å². The number of hydrogen-bond donors (Lipinski definition) is 0. The summed E-state index contributed by atoms with van der Waals surface area (Å²) < 4.78 is 16.8. The third-order valence-electron chi connectivity index (χ3n) is 13.2. The minimum atomic E-state index is -0.483. The maximum absolute atomic E-state index is 12.4. The summed E-state index contributed by atoms with van der Waals surface area (Å²) in [6.07, 6.45) is 9.54. The first-order chi connectivity index (χ1) is 22.9. The van der Waals surface area contributed by atoms with E-state index in [1.807, 2.05) is 37.3 Å². The van der Waals surface area contributed by atoms with Crippen LogP contribution in [0.1, 0.15) is 122 Å². The number of rotatable bonds is 5. The summed E-state index contributed by atoms with van der Waals surface area (Å²) in [6, 6.07) is 12.2. The zero-order valence-electron chi connectivity index (χ0n) is 30.4. The van der Waals surface area contributed by atoms with Crippen molar-refractivity contribution in [1.82, 2.24) is 0 Å². The van der Waals surface area contributed by atoms with Crippen molar-refractivity contribution in [3.8, 4) is 23.3 Å². The average Bonchev–Trinajstić information content (AvgIpc) is 3.02. The molecule has 1 unspecified atom stereocenters. The Balaban J connectivity index is 1.54. The largest absolute Gasteiger partial charge is 0.427 e. The number of nitriles is 1. The van der Waals surface area contributed by atoms with Gasteiger partial charge in [0.15, 0.2) is 11.5 Å². The molecular weight excluding hydrogens is 635 g/mol. The van der Waals surface area contributed by atoms with Gasteiger partial charge in [-0.25, -0.2) is 0 Å². The smallest absolute Gasteiger partial charge is 0.308 e. The monoisotopic (exact) mass is 683 g/mol. The number of nitrogens with zero attached hydrogens (tertiary/aromatic N) is 1. The molecule has 4 aliphatic carbocycles. The maximum Gasteiger partial charge on any atom is 0.308 e. The first-order valence-electron chi connectivity index (χ1n) is 17.5. The number of esters is 3. The molecule has 3 saturated carbocycles. The Morgan fingerprint density at radius 2 is 1.47 bits per heavy atom. The number of hydrogen-bond acceptors (Lipinski definition) is 8. The normalized spacial score (nSPS) is 34.5. The molecule has 0 radical (unpaired) electrons. The number of ether oxygens (including phenoxy) is 3. The number of carbonyl (C=O) groups excluding carboxylic acids is 3. The molecule has 3 fully saturated rings. The number of thioether (sulfide) groups is 1. The quantitative estimate of drug-likeness (QED) is 0.174. The number of benzene rings is 2. The van der Waals surface area contributed by atoms with Gasteiger partial charge in [0.1, 0.15) is 5.75 Å². The second kappa shape index (κ2) is 12.0. The van der Waals surface area contributed by atoms with E-state index < -0.39 is 11.9 Å². The first kappa shape index (κ1) is 35.3. The molecule has 0 amide bonds. The number of allylic oxidation sites excluding steroid dienone is 1. The molecule has 0 bridgehead atoms. The fraction of sp³-hybridized carbons (Fsp3) is 0.561. The van der Waals surface area contributed by atoms with Crippen LogP contribution >= 0.6 is 11.8 Å². The minimum Gasteiger partial charge on any atom is -0.427 e. The van der Waals surface area contributed by atoms with E-state index in [0.29, 0.717) is 11.7 Å². The van der Waals surface area contributed by atoms with Crippen LogP contribution in [0.25, 0.3) is 0 Å². The van der Waals surface area contributed by atoms with Crippen LogP contribution in [0, 0.1) is 45.8 Å². The Morgan fingerprint density at radius 1 is 0.837 bits per heavy atom. The van der Waals surface area contributed by atoms with Crippen molar-refractivity contribution in [2.45, 2.75) is 123 Å². The van der Waals surface area contributed by atoms with Crippen molar-refractivity contribution in [3.05, 3.63) is 58.7 Å². The van der Waals surface area contributed by atoms with Gasteiger partial charge in [0.2, 0.25) is 0 Å². The van der Waals surface area contributed by atoms with Crippen LogP contribution in [0.3, 0.4) is 0 Å². The van der Waals surface area contributed by atoms with Crippen LogP contribution < -0.4 is 14.2 Å². The summed E-state index contributed by atoms with van der Waals surface area (Å²) >= 11 is 1.70. The van der Waals surface area contributed by atoms with Gasteiger partial charge in [0.05, 0.1) is 16.7 Å². The van der Waals surface area contributed by atoms with Crippen molar-refractivity contribution in [3.63, 3.8) is 0 Å². The third kappa shape index (κ3) is 5.70. The molecule has 6 rings (SSSR count). The van der Waals surface area contributed by atoms with Gasteiger partial charge < -0.3 is 14.2 Å². The lowest BCUT2D eigenvalue weighted by molar-refractivity contribution is -0.152. The van der Waals surface area contributed by atoms with Crippen molar-refractivity contribution >= 4 is 29.7 Å². The lowest BCUT2D eigenvalue weighted by atomic mass is 9.34. The lowest BCUT2D eigenvalue weighted by Crippen LogP contribution is -2.62. The van der Waals surface area contributed by atoms with E-state index in [1.54, 1.807) is 11.8 Å². The molecule has 7 nitrogen and oxygen atoms in total. The van der Waals surface area contributed by atoms with Gasteiger partial charge in [-0.15, -0.1) is 11.8 Å². The topological polar surface area (TPSA) is 103 Å². The van der Waals surface area contributed by atoms with Gasteiger partial charge in [-0.1, -0.05) is 39.3 Å². The molecule has 0 N–H and O–H groups in total. The highest BCUT2D eigenvalue weighted by Crippen LogP contribution is 2.75. The Morgan fingerprint density at radius 3 is 2.08 bits per heavy atom. The molecule has 49 heavy (non-hydrogen) atoms. The highest BCUT2D eigenvalue weighted by Gasteiger charge is 2.67. The molecule has 0 aromatic heterocycles. The molecular formula is C41H49NO6S. The standard InChI is InChI=1S/C41H49NO6S/c1-24-35-30(20-31(47-26(3)44)36(24)48-27(4)45)39(7)17-19-41(9)34-22-37(5,23-42)14-15-38(34,6)16-18-40(41,8)33(39)21-32(35)49-29-12-10-28(11-13-29)46-25(2)43/h10-13,20-21,32,34H,14-19,22H2,1-9H3/t32?,34-,37-,38-,39+,40-,41+/m1/s1. The summed E-state index contributed by atoms with van der Waals surface area (Å²) in [7, 11) is 0. The third-order valence-corrected chi connectivity index (χ3v) is 14.3. The van der Waals surface area contributed by atoms with E-state index in [0.717, 1.165) is 66.5 Å². The Bertz CT molecular complexity index is 1810. The summed E-state index contributed by atoms with van der Waals surface area (Å²) in [4.78, 5) is 37.3. The molecule has 0 saturated heterocycles. The zero-order chi connectivity index (χ0) is 35.7. The van der Waals surface area contributed by atoms with Crippen LogP contribution in [0.15, 0.2) is 46.9 Å². The van der Waals surface area contributed by atoms with Gasteiger partial charge >= 0.3 is 17.9 Å². The van der Waals surface area contributed by atoms with E-state index in [2.05, 4.69) is 46.8 Å². The van der Waals surface area contributed by atoms with Gasteiger partial charge in [-0.05, 0) is 122 Å². The summed E-state index contributed by atoms with van der Waals surface area (Å²) in [5.41, 5.74) is 3.72. The SMILES string of the molecule is CC(=O)Oc1ccc(SC2C=C3[C@@](C)(CC[C@@]4(C)[C@@H]5C[C@](C)(C#N)CC[C@]5(C)CC[C@]34C)c3cc(OC(C)=O)c(OC(C)=O)c(C)c32)cc1. The van der Waals surface area contributed by atoms with Crippen molar-refractivity contribution in [2.75, 3.05) is 0 Å². The molecule has 7 atom stereocenters. The zero-order valence-corrected chi connectivity index (χ0v) is 31.2. The van der Waals surface area contributed by atoms with Gasteiger partial charge in [-0.2, -0.15) is 5.26 Å². The Hall–Kier alpha value is -3.57. The van der Waals surface area contributed by atoms with Crippen molar-refractivity contribution < 1.29 is 28.6 Å². The van der Waals surface area contributed by atoms with Gasteiger partial charge in [-0.3, -0.25) is 14.4 Å². The Kier molecular flexibility index (Phi) is 8.66. The minimum absolute atomic E-state index is 0.0201. The second-order valence-electron chi connectivity index (χ2n) is 16.3. The predicted molar refractivity (Wildman–Crippen MR) is 189 cm³/mol. The molecule has 0 aliphatic heterocycles. The fourth-order valence-corrected chi connectivity index (χ4v) is 11.5. The van der Waals surface area contributed by atoms with Crippen molar-refractivity contribution in [1.29, 1.82) is 5.26 Å². The van der Waals surface area contributed by atoms with Gasteiger partial charge in [0.25, 0.3) is 0 Å². The summed E-state index contributed by atoms with van der Waals surface area (Å²) in [5, 5.41) is 10.1. The van der Waals surface area contributed by atoms with E-state index >= 15 is 0 Å². The second-order valence-corrected chi connectivity index (χ2v) is 17.5. The number of fused-ring (bicyclic) bond motifs is 7. The molecule has 8 heteroatoms. The van der Waals surface area contributed by atoms with E-state index in [4.69, 9.17) is 14.2 Å². The van der Waals surface area contributed by atoms with Crippen LogP contribution in [0.4, 0.5) is 0 Å². The molecule has 260 valence electrons. The fourth-order valence-electron chi connectivity index (χ4n) is 10.3. The number of carbonyl (C=O) groups is 3. The Labute approximate surface area is 295 Å². The van der Waals surface area contributed by atoms with Crippen LogP contribution in [-0.2, 0) is 19.8 Å². The molecule has 0 spiro atoms. The predicted octanol–water partition coefficient (Wildman–Crippen LogP) is 9.74. The van der Waals surface area contributed by atoms with Crippen LogP contribution in [-0.4, -0.2) is 17.9 Å². The van der Waals surface area contributed by atoms with E-state index in [1.165, 1.54) is 26.3 Å². The molecule has 0 heterocycles. The first-order valence-corrected chi connectivity index (χ1v) is 18.4. The summed E-state index contributed by atoms with van der Waals surface area (Å²) in [6.45, 7) is 18.0. The maximum atomic E-state index is 12.4. The van der Waals surface area contributed by atoms with E-state index in [-0.39, 0.29) is 49.8 Å². The average molecular weight is 684 g/mol. The highest BCUT2D eigenvalue weighted by molar-refractivity contribution is 7.99. The molecule has 4 aliphatic rings. The lowest BCUT2D eigenvalue weighted by Gasteiger charge is -2.70. The van der Waals surface area contributed by atoms with Crippen LogP contribution in [0.2, 0.25) is 0 Å². The molecule has 2 aromatic rings. The molecule has 2 aromatic carbocycles.